The fourth-order valence-electron chi connectivity index (χ4n) is 1.70. The Morgan fingerprint density at radius 3 is 2.23 bits per heavy atom. The molecule has 1 rings (SSSR count). The molecule has 0 aliphatic carbocycles. The zero-order chi connectivity index (χ0) is 17.3. The Morgan fingerprint density at radius 2 is 1.77 bits per heavy atom. The van der Waals surface area contributed by atoms with E-state index in [1.165, 1.54) is 0 Å². The Balaban J connectivity index is 0.000000980. The molecule has 0 spiro atoms. The van der Waals surface area contributed by atoms with Crippen molar-refractivity contribution in [3.63, 3.8) is 0 Å². The van der Waals surface area contributed by atoms with E-state index in [2.05, 4.69) is 68.2 Å². The zero-order valence-electron chi connectivity index (χ0n) is 12.6. The number of hydrogen-bond donors (Lipinski definition) is 2. The van der Waals surface area contributed by atoms with E-state index < -0.39 is 30.9 Å². The van der Waals surface area contributed by atoms with Crippen molar-refractivity contribution in [1.29, 1.82) is 0 Å². The molecule has 1 aliphatic rings. The molecular formula is C12H23CoI3O6-. The molecule has 0 saturated carbocycles. The second-order valence-corrected chi connectivity index (χ2v) is 30.9. The molecule has 10 heteroatoms. The van der Waals surface area contributed by atoms with Gasteiger partial charge in [-0.3, -0.25) is 6.92 Å². The van der Waals surface area contributed by atoms with Crippen molar-refractivity contribution in [3.05, 3.63) is 6.92 Å². The molecule has 2 N–H and O–H groups in total. The molecule has 0 bridgehead atoms. The van der Waals surface area contributed by atoms with Crippen LogP contribution in [0.5, 0.6) is 0 Å². The van der Waals surface area contributed by atoms with Crippen LogP contribution >= 0.6 is 61.2 Å². The molecule has 22 heavy (non-hydrogen) atoms. The van der Waals surface area contributed by atoms with Crippen molar-refractivity contribution in [2.24, 2.45) is 0 Å². The first-order chi connectivity index (χ1) is 10.2. The Bertz CT molecular complexity index is 285. The van der Waals surface area contributed by atoms with Crippen LogP contribution in [0, 0.1) is 6.92 Å². The van der Waals surface area contributed by atoms with E-state index in [9.17, 15) is 10.2 Å². The fourth-order valence-corrected chi connectivity index (χ4v) is 1.70. The quantitative estimate of drug-likeness (QED) is 0.252. The fraction of sp³-hybridized carbons (Fsp3) is 0.917. The summed E-state index contributed by atoms with van der Waals surface area (Å²) in [6.07, 6.45) is -4.56. The number of aliphatic hydroxyl groups excluding tert-OH is 2. The molecule has 1 saturated heterocycles. The van der Waals surface area contributed by atoms with E-state index in [1.54, 1.807) is 0 Å². The van der Waals surface area contributed by atoms with Crippen molar-refractivity contribution in [2.75, 3.05) is 13.2 Å². The van der Waals surface area contributed by atoms with Gasteiger partial charge in [0.1, 0.15) is 18.3 Å². The molecular weight excluding hydrogens is 680 g/mol. The van der Waals surface area contributed by atoms with Gasteiger partial charge in [0.15, 0.2) is 6.29 Å². The van der Waals surface area contributed by atoms with E-state index in [-0.39, 0.29) is 12.7 Å². The van der Waals surface area contributed by atoms with Gasteiger partial charge in [-0.25, -0.2) is 0 Å². The summed E-state index contributed by atoms with van der Waals surface area (Å²) in [6.45, 7) is 9.67. The normalized spacial score (nSPS) is 30.5. The van der Waals surface area contributed by atoms with Gasteiger partial charge in [0, 0.05) is 12.9 Å². The van der Waals surface area contributed by atoms with Crippen LogP contribution in [0.4, 0.5) is 0 Å². The van der Waals surface area contributed by atoms with Crippen molar-refractivity contribution in [3.8, 4) is 0 Å². The van der Waals surface area contributed by atoms with E-state index >= 15 is 0 Å². The van der Waals surface area contributed by atoms with Crippen LogP contribution in [0.25, 0.3) is 0 Å². The third-order valence-corrected chi connectivity index (χ3v) is 2.52. The standard InChI is InChI=1S/C12H23O6.Co.3HI/c1-5-15-8(4)18-9-6-16-12(17-7(2)3)11(14)10(9)13;;;;/h7-14H,4-6H2,1-3H3;;3*1H/q-1;+3;;;/p-3. The van der Waals surface area contributed by atoms with Gasteiger partial charge in [0.25, 0.3) is 0 Å². The zero-order valence-corrected chi connectivity index (χ0v) is 20.1. The van der Waals surface area contributed by atoms with E-state index in [1.807, 2.05) is 20.8 Å². The number of ether oxygens (including phenoxy) is 4. The number of aliphatic hydroxyl groups is 2. The average Bonchev–Trinajstić information content (AvgIpc) is 2.38. The Labute approximate surface area is 170 Å². The molecule has 0 aromatic carbocycles. The summed E-state index contributed by atoms with van der Waals surface area (Å²) in [5, 5.41) is 19.8. The van der Waals surface area contributed by atoms with Crippen LogP contribution in [-0.4, -0.2) is 60.4 Å². The molecule has 1 fully saturated rings. The summed E-state index contributed by atoms with van der Waals surface area (Å²) >= 11 is 7.14. The van der Waals surface area contributed by atoms with Crippen LogP contribution < -0.4 is 0 Å². The van der Waals surface area contributed by atoms with E-state index in [4.69, 9.17) is 18.9 Å². The van der Waals surface area contributed by atoms with Crippen molar-refractivity contribution in [2.45, 2.75) is 57.8 Å². The minimum absolute atomic E-state index is 0.0988. The van der Waals surface area contributed by atoms with Gasteiger partial charge >= 0.3 is 65.3 Å². The molecule has 5 unspecified atom stereocenters. The summed E-state index contributed by atoms with van der Waals surface area (Å²) in [7, 11) is 0. The third kappa shape index (κ3) is 11.1. The molecule has 0 radical (unpaired) electrons. The predicted molar refractivity (Wildman–Crippen MR) is 106 cm³/mol. The summed E-state index contributed by atoms with van der Waals surface area (Å²) in [4.78, 5) is 0. The number of rotatable bonds is 6. The van der Waals surface area contributed by atoms with Crippen LogP contribution in [0.1, 0.15) is 20.8 Å². The minimum atomic E-state index is -1.15. The van der Waals surface area contributed by atoms with Gasteiger partial charge in [-0.05, 0) is 20.8 Å². The van der Waals surface area contributed by atoms with Gasteiger partial charge < -0.3 is 29.2 Å². The van der Waals surface area contributed by atoms with Gasteiger partial charge in [0.05, 0.1) is 12.7 Å². The molecule has 1 aliphatic heterocycles. The summed E-state index contributed by atoms with van der Waals surface area (Å²) < 4.78 is 21.4. The molecule has 6 nitrogen and oxygen atoms in total. The van der Waals surface area contributed by atoms with Crippen LogP contribution in [0.2, 0.25) is 0 Å². The first-order valence-electron chi connectivity index (χ1n) is 6.56. The Morgan fingerprint density at radius 1 is 1.23 bits per heavy atom. The molecule has 0 aromatic rings. The van der Waals surface area contributed by atoms with Gasteiger partial charge in [-0.15, -0.1) is 0 Å². The summed E-state index contributed by atoms with van der Waals surface area (Å²) in [5.74, 6) is 0. The second kappa shape index (κ2) is 13.6. The van der Waals surface area contributed by atoms with Crippen LogP contribution in [0.3, 0.4) is 0 Å². The SMILES string of the molecule is [CH2-]C(OCC)OC1COC(OC(C)C)C(O)C1O.[I][Co]([I])[I]. The first kappa shape index (κ1) is 24.5. The number of hydrogen-bond acceptors (Lipinski definition) is 6. The number of halogens is 3. The second-order valence-electron chi connectivity index (χ2n) is 4.57. The molecule has 0 aromatic heterocycles. The van der Waals surface area contributed by atoms with Gasteiger partial charge in [0.2, 0.25) is 0 Å². The maximum atomic E-state index is 9.92. The molecule has 1 heterocycles. The topological polar surface area (TPSA) is 77.4 Å². The van der Waals surface area contributed by atoms with Crippen LogP contribution in [-0.2, 0) is 23.0 Å². The van der Waals surface area contributed by atoms with E-state index in [0.717, 1.165) is 0 Å². The van der Waals surface area contributed by atoms with Gasteiger partial charge in [-0.1, -0.05) is 0 Å². The van der Waals surface area contributed by atoms with Crippen molar-refractivity contribution in [1.82, 2.24) is 0 Å². The monoisotopic (exact) mass is 703 g/mol. The van der Waals surface area contributed by atoms with Crippen molar-refractivity contribution < 1.29 is 33.2 Å². The summed E-state index contributed by atoms with van der Waals surface area (Å²) in [6, 6.07) is 0. The van der Waals surface area contributed by atoms with Crippen LogP contribution in [0.15, 0.2) is 0 Å². The molecule has 5 atom stereocenters. The first-order valence-corrected chi connectivity index (χ1v) is 16.6. The third-order valence-electron chi connectivity index (χ3n) is 2.52. The van der Waals surface area contributed by atoms with E-state index in [0.29, 0.717) is 10.6 Å². The molecule has 138 valence electrons. The maximum absolute atomic E-state index is 9.92. The summed E-state index contributed by atoms with van der Waals surface area (Å²) in [5.41, 5.74) is 0. The van der Waals surface area contributed by atoms with Gasteiger partial charge in [-0.2, -0.15) is 0 Å². The van der Waals surface area contributed by atoms with Crippen molar-refractivity contribution >= 4 is 61.2 Å². The predicted octanol–water partition coefficient (Wildman–Crippen LogP) is 2.73. The average molecular weight is 703 g/mol. The molecule has 0 amide bonds. The Kier molecular flexibility index (Phi) is 15.2. The Hall–Kier alpha value is 2.46.